The van der Waals surface area contributed by atoms with Crippen molar-refractivity contribution in [1.82, 2.24) is 30.1 Å². The summed E-state index contributed by atoms with van der Waals surface area (Å²) < 4.78 is 17.9. The molecule has 10 heteroatoms. The number of ether oxygens (including phenoxy) is 3. The van der Waals surface area contributed by atoms with Crippen LogP contribution in [-0.2, 0) is 26.2 Å². The van der Waals surface area contributed by atoms with Crippen molar-refractivity contribution in [1.29, 1.82) is 0 Å². The number of aromatic amines is 1. The van der Waals surface area contributed by atoms with E-state index in [1.165, 1.54) is 5.56 Å². The number of methoxy groups -OCH3 is 3. The Morgan fingerprint density at radius 1 is 0.825 bits per heavy atom. The summed E-state index contributed by atoms with van der Waals surface area (Å²) in [5.41, 5.74) is 4.51. The maximum absolute atomic E-state index is 13.2. The monoisotopic (exact) mass is 540 g/mol. The van der Waals surface area contributed by atoms with E-state index in [1.54, 1.807) is 32.1 Å². The Morgan fingerprint density at radius 3 is 2.23 bits per heavy atom. The first-order valence-electron chi connectivity index (χ1n) is 12.9. The lowest BCUT2D eigenvalue weighted by Crippen LogP contribution is -2.28. The highest BCUT2D eigenvalue weighted by molar-refractivity contribution is 5.83. The first-order chi connectivity index (χ1) is 19.4. The molecule has 1 N–H and O–H groups in total. The van der Waals surface area contributed by atoms with Crippen LogP contribution in [0.15, 0.2) is 71.5 Å². The topological polar surface area (TPSA) is 107 Å². The van der Waals surface area contributed by atoms with Crippen molar-refractivity contribution in [3.05, 3.63) is 105 Å². The summed E-state index contributed by atoms with van der Waals surface area (Å²) in [6.45, 7) is 4.03. The van der Waals surface area contributed by atoms with Crippen LogP contribution in [0.3, 0.4) is 0 Å². The van der Waals surface area contributed by atoms with Gasteiger partial charge in [-0.3, -0.25) is 9.69 Å². The van der Waals surface area contributed by atoms with Crippen LogP contribution in [0.1, 0.15) is 28.1 Å². The average Bonchev–Trinajstić information content (AvgIpc) is 3.40. The molecule has 2 aromatic heterocycles. The molecule has 0 aliphatic rings. The van der Waals surface area contributed by atoms with Crippen molar-refractivity contribution in [2.45, 2.75) is 33.1 Å². The van der Waals surface area contributed by atoms with Crippen LogP contribution in [0.25, 0.3) is 10.9 Å². The first-order valence-corrected chi connectivity index (χ1v) is 12.9. The predicted octanol–water partition coefficient (Wildman–Crippen LogP) is 4.10. The Labute approximate surface area is 232 Å². The number of hydrogen-bond acceptors (Lipinski definition) is 8. The molecule has 0 saturated heterocycles. The van der Waals surface area contributed by atoms with Gasteiger partial charge >= 0.3 is 0 Å². The van der Waals surface area contributed by atoms with Gasteiger partial charge in [0.2, 0.25) is 0 Å². The molecule has 0 amide bonds. The molecular formula is C30H32N6O4. The van der Waals surface area contributed by atoms with Crippen molar-refractivity contribution in [2.24, 2.45) is 0 Å². The second-order valence-electron chi connectivity index (χ2n) is 9.65. The number of benzene rings is 3. The summed E-state index contributed by atoms with van der Waals surface area (Å²) >= 11 is 0. The van der Waals surface area contributed by atoms with Crippen LogP contribution < -0.4 is 19.8 Å². The van der Waals surface area contributed by atoms with Crippen LogP contribution in [0.2, 0.25) is 0 Å². The summed E-state index contributed by atoms with van der Waals surface area (Å²) in [5, 5.41) is 13.3. The molecule has 2 heterocycles. The summed E-state index contributed by atoms with van der Waals surface area (Å²) in [6.07, 6.45) is 0. The molecule has 3 aromatic carbocycles. The van der Waals surface area contributed by atoms with Gasteiger partial charge in [0.25, 0.3) is 5.56 Å². The maximum atomic E-state index is 13.2. The van der Waals surface area contributed by atoms with Crippen molar-refractivity contribution in [3.8, 4) is 17.2 Å². The van der Waals surface area contributed by atoms with E-state index in [9.17, 15) is 4.79 Å². The quantitative estimate of drug-likeness (QED) is 0.267. The SMILES string of the molecule is COc1ccc(Cn2nnnc2CN(Cc2ccc(C)cc2)Cc2cc3cc(OC)c(OC)cc3[nH]c2=O)cc1. The first kappa shape index (κ1) is 26.9. The minimum atomic E-state index is -0.161. The minimum absolute atomic E-state index is 0.161. The number of nitrogens with one attached hydrogen (secondary N) is 1. The molecule has 0 aliphatic heterocycles. The second kappa shape index (κ2) is 12.0. The van der Waals surface area contributed by atoms with E-state index < -0.39 is 0 Å². The summed E-state index contributed by atoms with van der Waals surface area (Å²) in [6, 6.07) is 21.7. The predicted molar refractivity (Wildman–Crippen MR) is 152 cm³/mol. The van der Waals surface area contributed by atoms with Gasteiger partial charge in [0.05, 0.1) is 39.9 Å². The number of aromatic nitrogens is 5. The largest absolute Gasteiger partial charge is 0.497 e. The van der Waals surface area contributed by atoms with Crippen LogP contribution in [0.4, 0.5) is 0 Å². The van der Waals surface area contributed by atoms with Crippen LogP contribution >= 0.6 is 0 Å². The Hall–Kier alpha value is -4.70. The molecule has 0 atom stereocenters. The van der Waals surface area contributed by atoms with Crippen molar-refractivity contribution >= 4 is 10.9 Å². The van der Waals surface area contributed by atoms with Gasteiger partial charge in [-0.1, -0.05) is 42.0 Å². The fourth-order valence-electron chi connectivity index (χ4n) is 4.62. The van der Waals surface area contributed by atoms with Gasteiger partial charge in [-0.05, 0) is 52.7 Å². The normalized spacial score (nSPS) is 11.2. The van der Waals surface area contributed by atoms with Gasteiger partial charge in [-0.15, -0.1) is 5.10 Å². The molecule has 0 spiro atoms. The molecule has 40 heavy (non-hydrogen) atoms. The van der Waals surface area contributed by atoms with E-state index in [2.05, 4.69) is 56.6 Å². The molecule has 0 fully saturated rings. The zero-order valence-corrected chi connectivity index (χ0v) is 23.0. The highest BCUT2D eigenvalue weighted by atomic mass is 16.5. The molecule has 206 valence electrons. The fraction of sp³-hybridized carbons (Fsp3) is 0.267. The number of aryl methyl sites for hydroxylation is 1. The molecule has 5 aromatic rings. The van der Waals surface area contributed by atoms with Gasteiger partial charge in [0, 0.05) is 30.1 Å². The standard InChI is InChI=1S/C30H32N6O4/c1-20-5-7-21(8-6-20)16-35(19-29-32-33-34-36(29)17-22-9-11-25(38-2)12-10-22)18-24-13-23-14-27(39-3)28(40-4)15-26(23)31-30(24)37/h5-15H,16-19H2,1-4H3,(H,31,37). The Balaban J connectivity index is 1.44. The smallest absolute Gasteiger partial charge is 0.252 e. The number of fused-ring (bicyclic) bond motifs is 1. The highest BCUT2D eigenvalue weighted by Crippen LogP contribution is 2.31. The van der Waals surface area contributed by atoms with Crippen molar-refractivity contribution < 1.29 is 14.2 Å². The fourth-order valence-corrected chi connectivity index (χ4v) is 4.62. The third-order valence-corrected chi connectivity index (χ3v) is 6.81. The van der Waals surface area contributed by atoms with Crippen LogP contribution in [0, 0.1) is 6.92 Å². The van der Waals surface area contributed by atoms with Crippen molar-refractivity contribution in [3.63, 3.8) is 0 Å². The molecule has 0 aliphatic carbocycles. The van der Waals surface area contributed by atoms with Gasteiger partial charge in [-0.2, -0.15) is 0 Å². The van der Waals surface area contributed by atoms with E-state index in [0.29, 0.717) is 54.6 Å². The number of pyridine rings is 1. The molecule has 0 saturated carbocycles. The Morgan fingerprint density at radius 2 is 1.52 bits per heavy atom. The number of rotatable bonds is 11. The molecule has 0 bridgehead atoms. The number of tetrazole rings is 1. The van der Waals surface area contributed by atoms with Crippen LogP contribution in [-0.4, -0.2) is 51.4 Å². The third-order valence-electron chi connectivity index (χ3n) is 6.81. The van der Waals surface area contributed by atoms with E-state index in [4.69, 9.17) is 14.2 Å². The van der Waals surface area contributed by atoms with E-state index in [0.717, 1.165) is 22.3 Å². The Bertz CT molecular complexity index is 1640. The molecule has 0 radical (unpaired) electrons. The lowest BCUT2D eigenvalue weighted by Gasteiger charge is -2.22. The average molecular weight is 541 g/mol. The number of H-pyrrole nitrogens is 1. The molecule has 5 rings (SSSR count). The highest BCUT2D eigenvalue weighted by Gasteiger charge is 2.17. The summed E-state index contributed by atoms with van der Waals surface area (Å²) in [5.74, 6) is 2.65. The lowest BCUT2D eigenvalue weighted by molar-refractivity contribution is 0.236. The van der Waals surface area contributed by atoms with Crippen LogP contribution in [0.5, 0.6) is 17.2 Å². The Kier molecular flexibility index (Phi) is 8.07. The van der Waals surface area contributed by atoms with Gasteiger partial charge in [0.1, 0.15) is 5.75 Å². The number of hydrogen-bond donors (Lipinski definition) is 1. The summed E-state index contributed by atoms with van der Waals surface area (Å²) in [4.78, 5) is 18.3. The minimum Gasteiger partial charge on any atom is -0.497 e. The summed E-state index contributed by atoms with van der Waals surface area (Å²) in [7, 11) is 4.81. The van der Waals surface area contributed by atoms with Gasteiger partial charge in [0.15, 0.2) is 17.3 Å². The van der Waals surface area contributed by atoms with E-state index >= 15 is 0 Å². The van der Waals surface area contributed by atoms with E-state index in [1.807, 2.05) is 36.4 Å². The molecular weight excluding hydrogens is 508 g/mol. The second-order valence-corrected chi connectivity index (χ2v) is 9.65. The zero-order valence-electron chi connectivity index (χ0n) is 23.0. The number of nitrogens with zero attached hydrogens (tertiary/aromatic N) is 5. The third kappa shape index (κ3) is 6.13. The van der Waals surface area contributed by atoms with Gasteiger partial charge in [-0.25, -0.2) is 4.68 Å². The molecule has 0 unspecified atom stereocenters. The van der Waals surface area contributed by atoms with Crippen molar-refractivity contribution in [2.75, 3.05) is 21.3 Å². The maximum Gasteiger partial charge on any atom is 0.252 e. The zero-order chi connectivity index (χ0) is 28.1. The molecule has 10 nitrogen and oxygen atoms in total. The lowest BCUT2D eigenvalue weighted by atomic mass is 10.1. The van der Waals surface area contributed by atoms with E-state index in [-0.39, 0.29) is 5.56 Å². The van der Waals surface area contributed by atoms with Gasteiger partial charge < -0.3 is 19.2 Å².